The van der Waals surface area contributed by atoms with Gasteiger partial charge in [-0.1, -0.05) is 0 Å². The molecule has 0 radical (unpaired) electrons. The van der Waals surface area contributed by atoms with Crippen LogP contribution in [0.15, 0.2) is 29.3 Å². The van der Waals surface area contributed by atoms with Crippen LogP contribution in [0.3, 0.4) is 0 Å². The van der Waals surface area contributed by atoms with Crippen LogP contribution in [0.2, 0.25) is 0 Å². The highest BCUT2D eigenvalue weighted by molar-refractivity contribution is 6.28. The molecule has 0 aliphatic heterocycles. The van der Waals surface area contributed by atoms with Gasteiger partial charge >= 0.3 is 5.97 Å². The average molecular weight is 241 g/mol. The SMILES string of the molecule is CCOC(=O)c1ccc(N=C(N)CCl)cc1. The molecule has 0 aliphatic rings. The second-order valence-corrected chi connectivity index (χ2v) is 3.27. The minimum atomic E-state index is -0.344. The second kappa shape index (κ2) is 6.12. The Morgan fingerprint density at radius 1 is 1.44 bits per heavy atom. The van der Waals surface area contributed by atoms with Crippen molar-refractivity contribution in [3.63, 3.8) is 0 Å². The van der Waals surface area contributed by atoms with E-state index in [0.29, 0.717) is 23.7 Å². The number of benzene rings is 1. The van der Waals surface area contributed by atoms with E-state index in [1.54, 1.807) is 31.2 Å². The average Bonchev–Trinajstić information content (AvgIpc) is 2.30. The van der Waals surface area contributed by atoms with Crippen LogP contribution in [0, 0.1) is 0 Å². The molecule has 0 aliphatic carbocycles. The van der Waals surface area contributed by atoms with Crippen LogP contribution < -0.4 is 5.73 Å². The number of carbonyl (C=O) groups excluding carboxylic acids is 1. The van der Waals surface area contributed by atoms with Gasteiger partial charge in [0, 0.05) is 0 Å². The number of hydrogen-bond acceptors (Lipinski definition) is 3. The molecular weight excluding hydrogens is 228 g/mol. The molecule has 0 atom stereocenters. The fourth-order valence-electron chi connectivity index (χ4n) is 1.08. The molecule has 16 heavy (non-hydrogen) atoms. The molecule has 0 amide bonds. The van der Waals surface area contributed by atoms with E-state index >= 15 is 0 Å². The van der Waals surface area contributed by atoms with Crippen molar-refractivity contribution in [2.75, 3.05) is 12.5 Å². The van der Waals surface area contributed by atoms with E-state index in [1.807, 2.05) is 0 Å². The van der Waals surface area contributed by atoms with E-state index in [9.17, 15) is 4.79 Å². The number of carbonyl (C=O) groups is 1. The lowest BCUT2D eigenvalue weighted by molar-refractivity contribution is 0.0526. The molecular formula is C11H13ClN2O2. The van der Waals surface area contributed by atoms with E-state index < -0.39 is 0 Å². The lowest BCUT2D eigenvalue weighted by atomic mass is 10.2. The van der Waals surface area contributed by atoms with Crippen LogP contribution in [0.25, 0.3) is 0 Å². The molecule has 0 heterocycles. The van der Waals surface area contributed by atoms with E-state index in [2.05, 4.69) is 4.99 Å². The lowest BCUT2D eigenvalue weighted by Crippen LogP contribution is -2.12. The summed E-state index contributed by atoms with van der Waals surface area (Å²) in [6, 6.07) is 6.65. The first-order valence-corrected chi connectivity index (χ1v) is 5.37. The quantitative estimate of drug-likeness (QED) is 0.379. The van der Waals surface area contributed by atoms with Gasteiger partial charge in [-0.05, 0) is 31.2 Å². The summed E-state index contributed by atoms with van der Waals surface area (Å²) in [5.41, 5.74) is 6.63. The maximum Gasteiger partial charge on any atom is 0.338 e. The number of hydrogen-bond donors (Lipinski definition) is 1. The maximum atomic E-state index is 11.3. The van der Waals surface area contributed by atoms with Gasteiger partial charge in [0.15, 0.2) is 0 Å². The van der Waals surface area contributed by atoms with Gasteiger partial charge in [-0.3, -0.25) is 0 Å². The molecule has 2 N–H and O–H groups in total. The summed E-state index contributed by atoms with van der Waals surface area (Å²) in [5, 5.41) is 0. The van der Waals surface area contributed by atoms with Gasteiger partial charge in [0.25, 0.3) is 0 Å². The third-order valence-corrected chi connectivity index (χ3v) is 2.06. The number of halogens is 1. The van der Waals surface area contributed by atoms with Gasteiger partial charge in [0.2, 0.25) is 0 Å². The van der Waals surface area contributed by atoms with Gasteiger partial charge in [0.05, 0.1) is 23.7 Å². The Morgan fingerprint density at radius 3 is 2.56 bits per heavy atom. The molecule has 0 saturated carbocycles. The topological polar surface area (TPSA) is 64.7 Å². The largest absolute Gasteiger partial charge is 0.462 e. The highest BCUT2D eigenvalue weighted by atomic mass is 35.5. The van der Waals surface area contributed by atoms with Crippen LogP contribution in [-0.2, 0) is 4.74 Å². The van der Waals surface area contributed by atoms with Gasteiger partial charge in [-0.2, -0.15) is 0 Å². The van der Waals surface area contributed by atoms with Crippen molar-refractivity contribution in [2.45, 2.75) is 6.92 Å². The van der Waals surface area contributed by atoms with Crippen molar-refractivity contribution in [3.8, 4) is 0 Å². The Labute approximate surface area is 99.1 Å². The number of rotatable bonds is 4. The molecule has 0 spiro atoms. The van der Waals surface area contributed by atoms with E-state index in [0.717, 1.165) is 0 Å². The monoisotopic (exact) mass is 240 g/mol. The van der Waals surface area contributed by atoms with Crippen molar-refractivity contribution < 1.29 is 9.53 Å². The van der Waals surface area contributed by atoms with Crippen molar-refractivity contribution in [1.29, 1.82) is 0 Å². The summed E-state index contributed by atoms with van der Waals surface area (Å²) >= 11 is 5.49. The van der Waals surface area contributed by atoms with Crippen molar-refractivity contribution in [1.82, 2.24) is 0 Å². The zero-order chi connectivity index (χ0) is 12.0. The molecule has 0 aromatic heterocycles. The predicted octanol–water partition coefficient (Wildman–Crippen LogP) is 2.09. The zero-order valence-electron chi connectivity index (χ0n) is 8.94. The Hall–Kier alpha value is -1.55. The number of alkyl halides is 1. The van der Waals surface area contributed by atoms with E-state index in [-0.39, 0.29) is 11.8 Å². The highest BCUT2D eigenvalue weighted by Crippen LogP contribution is 2.13. The second-order valence-electron chi connectivity index (χ2n) is 3.00. The molecule has 5 heteroatoms. The molecule has 86 valence electrons. The molecule has 0 saturated heterocycles. The third kappa shape index (κ3) is 3.55. The van der Waals surface area contributed by atoms with Crippen molar-refractivity contribution in [2.24, 2.45) is 10.7 Å². The molecule has 1 aromatic carbocycles. The zero-order valence-corrected chi connectivity index (χ0v) is 9.70. The summed E-state index contributed by atoms with van der Waals surface area (Å²) in [7, 11) is 0. The number of nitrogens with two attached hydrogens (primary N) is 1. The minimum Gasteiger partial charge on any atom is -0.462 e. The van der Waals surface area contributed by atoms with Crippen LogP contribution in [0.1, 0.15) is 17.3 Å². The summed E-state index contributed by atoms with van der Waals surface area (Å²) < 4.78 is 4.85. The molecule has 1 rings (SSSR count). The Kier molecular flexibility index (Phi) is 4.79. The lowest BCUT2D eigenvalue weighted by Gasteiger charge is -2.01. The first-order chi connectivity index (χ1) is 7.67. The van der Waals surface area contributed by atoms with Crippen LogP contribution in [0.5, 0.6) is 0 Å². The Balaban J connectivity index is 2.79. The summed E-state index contributed by atoms with van der Waals surface area (Å²) in [6.07, 6.45) is 0. The summed E-state index contributed by atoms with van der Waals surface area (Å²) in [6.45, 7) is 2.12. The first-order valence-electron chi connectivity index (χ1n) is 4.83. The third-order valence-electron chi connectivity index (χ3n) is 1.79. The predicted molar refractivity (Wildman–Crippen MR) is 64.4 cm³/mol. The van der Waals surface area contributed by atoms with E-state index in [1.165, 1.54) is 0 Å². The van der Waals surface area contributed by atoms with E-state index in [4.69, 9.17) is 22.1 Å². The molecule has 0 unspecified atom stereocenters. The smallest absolute Gasteiger partial charge is 0.338 e. The van der Waals surface area contributed by atoms with Gasteiger partial charge in [-0.25, -0.2) is 9.79 Å². The fraction of sp³-hybridized carbons (Fsp3) is 0.273. The first kappa shape index (κ1) is 12.5. The van der Waals surface area contributed by atoms with Crippen molar-refractivity contribution >= 4 is 29.1 Å². The Morgan fingerprint density at radius 2 is 2.06 bits per heavy atom. The summed E-state index contributed by atoms with van der Waals surface area (Å²) in [5.74, 6) is 0.175. The standard InChI is InChI=1S/C11H13ClN2O2/c1-2-16-11(15)8-3-5-9(6-4-8)14-10(13)7-12/h3-6H,2,7H2,1H3,(H2,13,14). The molecule has 0 bridgehead atoms. The van der Waals surface area contributed by atoms with Gasteiger partial charge in [-0.15, -0.1) is 11.6 Å². The number of esters is 1. The number of aliphatic imine (C=N–C) groups is 1. The van der Waals surface area contributed by atoms with Crippen molar-refractivity contribution in [3.05, 3.63) is 29.8 Å². The molecule has 4 nitrogen and oxygen atoms in total. The summed E-state index contributed by atoms with van der Waals surface area (Å²) in [4.78, 5) is 15.4. The van der Waals surface area contributed by atoms with Gasteiger partial charge < -0.3 is 10.5 Å². The molecule has 1 aromatic rings. The van der Waals surface area contributed by atoms with Gasteiger partial charge in [0.1, 0.15) is 5.84 Å². The van der Waals surface area contributed by atoms with Crippen LogP contribution in [-0.4, -0.2) is 24.3 Å². The number of amidine groups is 1. The highest BCUT2D eigenvalue weighted by Gasteiger charge is 2.05. The minimum absolute atomic E-state index is 0.180. The van der Waals surface area contributed by atoms with Crippen LogP contribution >= 0.6 is 11.6 Å². The number of nitrogens with zero attached hydrogens (tertiary/aromatic N) is 1. The normalized spacial score (nSPS) is 11.2. The Bertz CT molecular complexity index is 387. The fourth-order valence-corrected chi connectivity index (χ4v) is 1.14. The maximum absolute atomic E-state index is 11.3. The molecule has 0 fully saturated rings. The number of ether oxygens (including phenoxy) is 1. The van der Waals surface area contributed by atoms with Crippen LogP contribution in [0.4, 0.5) is 5.69 Å².